The third kappa shape index (κ3) is 3.46. The molecule has 0 N–H and O–H groups in total. The molecule has 0 bridgehead atoms. The van der Waals surface area contributed by atoms with Crippen molar-refractivity contribution in [3.63, 3.8) is 0 Å². The van der Waals surface area contributed by atoms with Gasteiger partial charge in [0.25, 0.3) is 5.56 Å². The van der Waals surface area contributed by atoms with Crippen LogP contribution in [0.15, 0.2) is 138 Å². The molecule has 47 heavy (non-hydrogen) atoms. The zero-order chi connectivity index (χ0) is 31.4. The first-order valence-electron chi connectivity index (χ1n) is 16.0. The van der Waals surface area contributed by atoms with Crippen molar-refractivity contribution in [2.75, 3.05) is 0 Å². The van der Waals surface area contributed by atoms with Crippen LogP contribution < -0.4 is 5.56 Å². The van der Waals surface area contributed by atoms with E-state index in [1.807, 2.05) is 54.6 Å². The topological polar surface area (TPSA) is 52.7 Å². The zero-order valence-corrected chi connectivity index (χ0v) is 25.9. The summed E-state index contributed by atoms with van der Waals surface area (Å²) < 4.78 is 3.98. The maximum Gasteiger partial charge on any atom is 0.266 e. The second-order valence-corrected chi connectivity index (χ2v) is 13.0. The van der Waals surface area contributed by atoms with Gasteiger partial charge in [0.2, 0.25) is 5.95 Å². The Morgan fingerprint density at radius 3 is 2.04 bits per heavy atom. The molecule has 5 heteroatoms. The van der Waals surface area contributed by atoms with Crippen LogP contribution in [0.2, 0.25) is 0 Å². The van der Waals surface area contributed by atoms with E-state index in [4.69, 9.17) is 9.97 Å². The van der Waals surface area contributed by atoms with Crippen molar-refractivity contribution < 1.29 is 0 Å². The van der Waals surface area contributed by atoms with E-state index in [0.29, 0.717) is 16.9 Å². The minimum absolute atomic E-state index is 0.136. The lowest BCUT2D eigenvalue weighted by Gasteiger charge is -2.23. The van der Waals surface area contributed by atoms with E-state index < -0.39 is 0 Å². The van der Waals surface area contributed by atoms with Crippen LogP contribution in [0.3, 0.4) is 0 Å². The number of hydrogen-bond acceptors (Lipinski definition) is 3. The minimum atomic E-state index is -0.271. The summed E-state index contributed by atoms with van der Waals surface area (Å²) in [6.07, 6.45) is 1.71. The Hall–Kier alpha value is -6.07. The summed E-state index contributed by atoms with van der Waals surface area (Å²) in [4.78, 5) is 24.3. The Bertz CT molecular complexity index is 2840. The zero-order valence-electron chi connectivity index (χ0n) is 25.9. The van der Waals surface area contributed by atoms with E-state index in [2.05, 4.69) is 91.2 Å². The molecule has 0 spiro atoms. The second kappa shape index (κ2) is 9.24. The Morgan fingerprint density at radius 2 is 1.26 bits per heavy atom. The van der Waals surface area contributed by atoms with Crippen molar-refractivity contribution >= 4 is 54.4 Å². The van der Waals surface area contributed by atoms with Crippen molar-refractivity contribution in [1.82, 2.24) is 19.1 Å². The molecular formula is C42H28N4O. The molecule has 0 fully saturated rings. The molecule has 0 radical (unpaired) electrons. The molecule has 222 valence electrons. The van der Waals surface area contributed by atoms with Gasteiger partial charge in [-0.2, -0.15) is 0 Å². The third-order valence-corrected chi connectivity index (χ3v) is 10.1. The molecule has 1 aliphatic carbocycles. The van der Waals surface area contributed by atoms with E-state index in [0.717, 1.165) is 38.4 Å². The molecule has 0 atom stereocenters. The van der Waals surface area contributed by atoms with E-state index in [9.17, 15) is 4.79 Å². The number of rotatable bonds is 2. The number of hydrogen-bond donors (Lipinski definition) is 0. The second-order valence-electron chi connectivity index (χ2n) is 13.0. The molecule has 0 saturated heterocycles. The van der Waals surface area contributed by atoms with E-state index in [-0.39, 0.29) is 11.0 Å². The molecule has 10 rings (SSSR count). The summed E-state index contributed by atoms with van der Waals surface area (Å²) in [5.74, 6) is 0.552. The van der Waals surface area contributed by atoms with Gasteiger partial charge in [0.05, 0.1) is 27.5 Å². The first-order valence-corrected chi connectivity index (χ1v) is 16.0. The highest BCUT2D eigenvalue weighted by atomic mass is 16.1. The highest BCUT2D eigenvalue weighted by Gasteiger charge is 2.39. The lowest BCUT2D eigenvalue weighted by atomic mass is 9.81. The molecule has 0 amide bonds. The molecule has 6 aromatic carbocycles. The first-order chi connectivity index (χ1) is 23.0. The Kier molecular flexibility index (Phi) is 5.15. The number of para-hydroxylation sites is 3. The van der Waals surface area contributed by atoms with Gasteiger partial charge in [0.1, 0.15) is 0 Å². The van der Waals surface area contributed by atoms with E-state index in [1.54, 1.807) is 10.8 Å². The fraction of sp³-hybridized carbons (Fsp3) is 0.0714. The molecule has 1 aliphatic rings. The molecule has 0 aliphatic heterocycles. The van der Waals surface area contributed by atoms with Crippen LogP contribution in [-0.4, -0.2) is 19.1 Å². The largest absolute Gasteiger partial charge is 0.278 e. The molecule has 9 aromatic rings. The van der Waals surface area contributed by atoms with Crippen molar-refractivity contribution in [3.05, 3.63) is 155 Å². The highest BCUT2D eigenvalue weighted by molar-refractivity contribution is 6.13. The summed E-state index contributed by atoms with van der Waals surface area (Å²) in [5.41, 5.74) is 9.11. The average molecular weight is 605 g/mol. The molecule has 5 nitrogen and oxygen atoms in total. The molecule has 3 aromatic heterocycles. The smallest absolute Gasteiger partial charge is 0.266 e. The van der Waals surface area contributed by atoms with Crippen LogP contribution in [0, 0.1) is 0 Å². The van der Waals surface area contributed by atoms with Crippen molar-refractivity contribution in [1.29, 1.82) is 0 Å². The predicted octanol–water partition coefficient (Wildman–Crippen LogP) is 9.49. The first kappa shape index (κ1) is 26.2. The fourth-order valence-corrected chi connectivity index (χ4v) is 8.01. The van der Waals surface area contributed by atoms with Gasteiger partial charge in [-0.1, -0.05) is 105 Å². The number of aromatic nitrogens is 4. The Labute approximate surface area is 270 Å². The van der Waals surface area contributed by atoms with Gasteiger partial charge in [-0.05, 0) is 69.4 Å². The maximum absolute atomic E-state index is 14.1. The van der Waals surface area contributed by atoms with Gasteiger partial charge in [0, 0.05) is 33.5 Å². The summed E-state index contributed by atoms with van der Waals surface area (Å²) in [7, 11) is 0. The summed E-state index contributed by atoms with van der Waals surface area (Å²) in [5, 5.41) is 6.19. The Morgan fingerprint density at radius 1 is 0.596 bits per heavy atom. The monoisotopic (exact) mass is 604 g/mol. The van der Waals surface area contributed by atoms with Gasteiger partial charge >= 0.3 is 0 Å². The summed E-state index contributed by atoms with van der Waals surface area (Å²) in [6.45, 7) is 4.66. The van der Waals surface area contributed by atoms with Crippen LogP contribution >= 0.6 is 0 Å². The standard InChI is InChI=1S/C42H28N4O/c1-42(2)34-23-26-13-7-6-12-25(26)22-32(34)29-20-21-30-28-16-8-10-18-35(28)46(39(30)37(29)42)41-43-24-33-38(44-41)31-17-9-11-19-36(31)45(40(33)47)27-14-4-3-5-15-27/h3-24H,1-2H3. The molecule has 0 saturated carbocycles. The number of nitrogens with zero attached hydrogens (tertiary/aromatic N) is 4. The predicted molar refractivity (Wildman–Crippen MR) is 192 cm³/mol. The van der Waals surface area contributed by atoms with Crippen molar-refractivity contribution in [3.8, 4) is 22.8 Å². The number of fused-ring (bicyclic) bond motifs is 11. The van der Waals surface area contributed by atoms with Gasteiger partial charge in [0.15, 0.2) is 0 Å². The Balaban J connectivity index is 1.31. The van der Waals surface area contributed by atoms with E-state index >= 15 is 0 Å². The highest BCUT2D eigenvalue weighted by Crippen LogP contribution is 2.53. The SMILES string of the molecule is CC1(C)c2cc3ccccc3cc2-c2ccc3c4ccccc4n(-c4ncc5c(=O)n(-c6ccccc6)c6ccccc6c5n4)c3c21. The maximum atomic E-state index is 14.1. The third-order valence-electron chi connectivity index (χ3n) is 10.1. The summed E-state index contributed by atoms with van der Waals surface area (Å²) in [6, 6.07) is 44.1. The van der Waals surface area contributed by atoms with Gasteiger partial charge in [-0.25, -0.2) is 9.97 Å². The minimum Gasteiger partial charge on any atom is -0.278 e. The van der Waals surface area contributed by atoms with Crippen molar-refractivity contribution in [2.24, 2.45) is 0 Å². The molecule has 3 heterocycles. The van der Waals surface area contributed by atoms with Crippen LogP contribution in [-0.2, 0) is 5.41 Å². The van der Waals surface area contributed by atoms with Crippen LogP contribution in [0.1, 0.15) is 25.0 Å². The van der Waals surface area contributed by atoms with Crippen LogP contribution in [0.5, 0.6) is 0 Å². The fourth-order valence-electron chi connectivity index (χ4n) is 8.01. The van der Waals surface area contributed by atoms with Gasteiger partial charge in [-0.15, -0.1) is 0 Å². The summed E-state index contributed by atoms with van der Waals surface area (Å²) >= 11 is 0. The molecular weight excluding hydrogens is 576 g/mol. The number of pyridine rings is 1. The van der Waals surface area contributed by atoms with Crippen LogP contribution in [0.25, 0.3) is 77.1 Å². The van der Waals surface area contributed by atoms with Gasteiger partial charge in [-0.3, -0.25) is 13.9 Å². The lowest BCUT2D eigenvalue weighted by Crippen LogP contribution is -2.20. The molecule has 0 unspecified atom stereocenters. The van der Waals surface area contributed by atoms with Crippen LogP contribution in [0.4, 0.5) is 0 Å². The van der Waals surface area contributed by atoms with Crippen molar-refractivity contribution in [2.45, 2.75) is 19.3 Å². The average Bonchev–Trinajstić information content (AvgIpc) is 3.56. The lowest BCUT2D eigenvalue weighted by molar-refractivity contribution is 0.664. The quantitative estimate of drug-likeness (QED) is 0.185. The van der Waals surface area contributed by atoms with Gasteiger partial charge < -0.3 is 0 Å². The normalized spacial score (nSPS) is 13.6. The van der Waals surface area contributed by atoms with E-state index in [1.165, 1.54) is 33.0 Å². The number of benzene rings is 6.